The number of nitrogens with zero attached hydrogens (tertiary/aromatic N) is 2. The summed E-state index contributed by atoms with van der Waals surface area (Å²) in [7, 11) is 5.40. The largest absolute Gasteiger partial charge is 0.469 e. The quantitative estimate of drug-likeness (QED) is 0.277. The number of benzene rings is 1. The molecule has 35 heavy (non-hydrogen) atoms. The maximum Gasteiger partial charge on any atom is 0.407 e. The highest BCUT2D eigenvalue weighted by Gasteiger charge is 2.16. The van der Waals surface area contributed by atoms with Gasteiger partial charge in [0.15, 0.2) is 0 Å². The lowest BCUT2D eigenvalue weighted by Crippen LogP contribution is -2.34. The van der Waals surface area contributed by atoms with Crippen molar-refractivity contribution in [3.63, 3.8) is 0 Å². The molecule has 198 valence electrons. The Hall–Kier alpha value is -2.77. The number of ether oxygens (including phenoxy) is 2. The third kappa shape index (κ3) is 14.3. The fourth-order valence-corrected chi connectivity index (χ4v) is 3.50. The second kappa shape index (κ2) is 16.0. The second-order valence-corrected chi connectivity index (χ2v) is 10.0. The Bertz CT molecular complexity index is 772. The van der Waals surface area contributed by atoms with Crippen LogP contribution >= 0.6 is 0 Å². The van der Waals surface area contributed by atoms with Crippen molar-refractivity contribution in [1.82, 2.24) is 10.2 Å². The predicted octanol–water partition coefficient (Wildman–Crippen LogP) is 4.90. The second-order valence-electron chi connectivity index (χ2n) is 10.0. The SMILES string of the molecule is COC(=O)CCCCCCC(=O)N(CCCCNC(=O)OC(C)(C)C)Cc1ccc(N(C)C)cc1. The van der Waals surface area contributed by atoms with Gasteiger partial charge >= 0.3 is 12.1 Å². The number of methoxy groups -OCH3 is 1. The van der Waals surface area contributed by atoms with Crippen molar-refractivity contribution < 1.29 is 23.9 Å². The fourth-order valence-electron chi connectivity index (χ4n) is 3.50. The van der Waals surface area contributed by atoms with Crippen LogP contribution in [-0.2, 0) is 25.6 Å². The summed E-state index contributed by atoms with van der Waals surface area (Å²) in [6, 6.07) is 8.24. The lowest BCUT2D eigenvalue weighted by atomic mass is 10.1. The highest BCUT2D eigenvalue weighted by atomic mass is 16.6. The lowest BCUT2D eigenvalue weighted by Gasteiger charge is -2.24. The number of hydrogen-bond donors (Lipinski definition) is 1. The molecule has 0 saturated heterocycles. The summed E-state index contributed by atoms with van der Waals surface area (Å²) in [5.74, 6) is -0.0524. The lowest BCUT2D eigenvalue weighted by molar-refractivity contribution is -0.140. The van der Waals surface area contributed by atoms with Gasteiger partial charge in [0, 0.05) is 52.3 Å². The fraction of sp³-hybridized carbons (Fsp3) is 0.667. The van der Waals surface area contributed by atoms with Gasteiger partial charge in [-0.15, -0.1) is 0 Å². The molecule has 0 atom stereocenters. The average molecular weight is 492 g/mol. The van der Waals surface area contributed by atoms with Crippen LogP contribution in [0.2, 0.25) is 0 Å². The van der Waals surface area contributed by atoms with E-state index in [1.807, 2.05) is 44.7 Å². The maximum atomic E-state index is 13.0. The number of alkyl carbamates (subject to hydrolysis) is 1. The van der Waals surface area contributed by atoms with Gasteiger partial charge < -0.3 is 24.6 Å². The Morgan fingerprint density at radius 2 is 1.51 bits per heavy atom. The molecule has 8 nitrogen and oxygen atoms in total. The molecule has 0 aliphatic rings. The molecule has 0 bridgehead atoms. The van der Waals surface area contributed by atoms with Crippen LogP contribution in [0.1, 0.15) is 77.7 Å². The molecular formula is C27H45N3O5. The number of unbranched alkanes of at least 4 members (excludes halogenated alkanes) is 4. The summed E-state index contributed by atoms with van der Waals surface area (Å²) < 4.78 is 9.92. The number of amides is 2. The Labute approximate surface area is 211 Å². The summed E-state index contributed by atoms with van der Waals surface area (Å²) in [6.45, 7) is 7.20. The van der Waals surface area contributed by atoms with Crippen LogP contribution in [0.15, 0.2) is 24.3 Å². The van der Waals surface area contributed by atoms with Gasteiger partial charge in [0.1, 0.15) is 5.60 Å². The summed E-state index contributed by atoms with van der Waals surface area (Å²) in [4.78, 5) is 40.0. The van der Waals surface area contributed by atoms with E-state index in [4.69, 9.17) is 4.74 Å². The molecule has 8 heteroatoms. The smallest absolute Gasteiger partial charge is 0.407 e. The number of rotatable bonds is 15. The highest BCUT2D eigenvalue weighted by molar-refractivity contribution is 5.76. The van der Waals surface area contributed by atoms with Crippen molar-refractivity contribution >= 4 is 23.7 Å². The number of carbonyl (C=O) groups is 3. The Morgan fingerprint density at radius 3 is 2.09 bits per heavy atom. The molecule has 2 amide bonds. The van der Waals surface area contributed by atoms with Crippen LogP contribution in [0.3, 0.4) is 0 Å². The highest BCUT2D eigenvalue weighted by Crippen LogP contribution is 2.16. The maximum absolute atomic E-state index is 13.0. The van der Waals surface area contributed by atoms with Gasteiger partial charge in [0.25, 0.3) is 0 Å². The van der Waals surface area contributed by atoms with Crippen LogP contribution in [0, 0.1) is 0 Å². The molecule has 0 radical (unpaired) electrons. The minimum atomic E-state index is -0.519. The molecule has 1 rings (SSSR count). The van der Waals surface area contributed by atoms with E-state index in [0.717, 1.165) is 49.8 Å². The van der Waals surface area contributed by atoms with Crippen molar-refractivity contribution in [3.05, 3.63) is 29.8 Å². The molecule has 0 aliphatic heterocycles. The first-order valence-corrected chi connectivity index (χ1v) is 12.6. The predicted molar refractivity (Wildman–Crippen MR) is 139 cm³/mol. The van der Waals surface area contributed by atoms with Crippen molar-refractivity contribution in [1.29, 1.82) is 0 Å². The van der Waals surface area contributed by atoms with Crippen LogP contribution in [0.4, 0.5) is 10.5 Å². The summed E-state index contributed by atoms with van der Waals surface area (Å²) >= 11 is 0. The van der Waals surface area contributed by atoms with Crippen molar-refractivity contribution in [3.8, 4) is 0 Å². The van der Waals surface area contributed by atoms with E-state index in [1.54, 1.807) is 0 Å². The molecule has 0 saturated carbocycles. The first-order valence-electron chi connectivity index (χ1n) is 12.6. The molecular weight excluding hydrogens is 446 g/mol. The minimum absolute atomic E-state index is 0.134. The standard InChI is InChI=1S/C27H45N3O5/c1-27(2,3)35-26(33)28-19-11-12-20-30(21-22-15-17-23(18-16-22)29(4)5)24(31)13-9-7-8-10-14-25(32)34-6/h15-18H,7-14,19-21H2,1-6H3,(H,28,33). The van der Waals surface area contributed by atoms with E-state index >= 15 is 0 Å². The van der Waals surface area contributed by atoms with E-state index in [1.165, 1.54) is 7.11 Å². The normalized spacial score (nSPS) is 11.0. The van der Waals surface area contributed by atoms with Crippen LogP contribution < -0.4 is 10.2 Å². The molecule has 0 fully saturated rings. The van der Waals surface area contributed by atoms with Gasteiger partial charge in [-0.05, 0) is 64.2 Å². The van der Waals surface area contributed by atoms with Gasteiger partial charge in [-0.1, -0.05) is 25.0 Å². The number of nitrogens with one attached hydrogen (secondary N) is 1. The molecule has 0 aromatic heterocycles. The molecule has 1 N–H and O–H groups in total. The van der Waals surface area contributed by atoms with Gasteiger partial charge in [0.2, 0.25) is 5.91 Å². The zero-order valence-electron chi connectivity index (χ0n) is 22.5. The van der Waals surface area contributed by atoms with Crippen LogP contribution in [0.25, 0.3) is 0 Å². The third-order valence-corrected chi connectivity index (χ3v) is 5.45. The van der Waals surface area contributed by atoms with Crippen molar-refractivity contribution in [2.75, 3.05) is 39.2 Å². The number of carbonyl (C=O) groups excluding carboxylic acids is 3. The minimum Gasteiger partial charge on any atom is -0.469 e. The Morgan fingerprint density at radius 1 is 0.886 bits per heavy atom. The first kappa shape index (κ1) is 30.3. The van der Waals surface area contributed by atoms with Gasteiger partial charge in [-0.25, -0.2) is 4.79 Å². The first-order chi connectivity index (χ1) is 16.5. The Kier molecular flexibility index (Phi) is 13.8. The monoisotopic (exact) mass is 491 g/mol. The van der Waals surface area contributed by atoms with E-state index in [0.29, 0.717) is 32.5 Å². The molecule has 0 aliphatic carbocycles. The average Bonchev–Trinajstić information content (AvgIpc) is 2.79. The molecule has 1 aromatic carbocycles. The topological polar surface area (TPSA) is 88.2 Å². The van der Waals surface area contributed by atoms with Gasteiger partial charge in [-0.2, -0.15) is 0 Å². The van der Waals surface area contributed by atoms with E-state index < -0.39 is 11.7 Å². The molecule has 1 aromatic rings. The van der Waals surface area contributed by atoms with Gasteiger partial charge in [0.05, 0.1) is 7.11 Å². The van der Waals surface area contributed by atoms with Crippen molar-refractivity contribution in [2.45, 2.75) is 84.3 Å². The van der Waals surface area contributed by atoms with E-state index in [-0.39, 0.29) is 11.9 Å². The van der Waals surface area contributed by atoms with E-state index in [2.05, 4.69) is 34.3 Å². The summed E-state index contributed by atoms with van der Waals surface area (Å²) in [5, 5.41) is 2.77. The van der Waals surface area contributed by atoms with Crippen LogP contribution in [0.5, 0.6) is 0 Å². The molecule has 0 heterocycles. The summed E-state index contributed by atoms with van der Waals surface area (Å²) in [6.07, 6.45) is 5.45. The van der Waals surface area contributed by atoms with Gasteiger partial charge in [-0.3, -0.25) is 9.59 Å². The van der Waals surface area contributed by atoms with Crippen LogP contribution in [-0.4, -0.2) is 62.8 Å². The van der Waals surface area contributed by atoms with Crippen molar-refractivity contribution in [2.24, 2.45) is 0 Å². The molecule has 0 spiro atoms. The number of esters is 1. The third-order valence-electron chi connectivity index (χ3n) is 5.45. The summed E-state index contributed by atoms with van der Waals surface area (Å²) in [5.41, 5.74) is 1.69. The Balaban J connectivity index is 2.54. The number of hydrogen-bond acceptors (Lipinski definition) is 6. The molecule has 0 unspecified atom stereocenters. The zero-order valence-corrected chi connectivity index (χ0v) is 22.5. The zero-order chi connectivity index (χ0) is 26.3. The number of anilines is 1. The van der Waals surface area contributed by atoms with E-state index in [9.17, 15) is 14.4 Å².